The van der Waals surface area contributed by atoms with Gasteiger partial charge in [0, 0.05) is 6.54 Å². The fourth-order valence-electron chi connectivity index (χ4n) is 5.79. The summed E-state index contributed by atoms with van der Waals surface area (Å²) in [7, 11) is 0. The Labute approximate surface area is 149 Å². The number of hydrogen-bond donors (Lipinski definition) is 1. The van der Waals surface area contributed by atoms with Crippen molar-refractivity contribution in [2.24, 2.45) is 23.2 Å². The molecule has 4 nitrogen and oxygen atoms in total. The number of benzene rings is 1. The number of ether oxygens (including phenoxy) is 1. The zero-order valence-electron chi connectivity index (χ0n) is 14.8. The van der Waals surface area contributed by atoms with Gasteiger partial charge in [-0.25, -0.2) is 0 Å². The Morgan fingerprint density at radius 3 is 2.28 bits per heavy atom. The summed E-state index contributed by atoms with van der Waals surface area (Å²) >= 11 is 0. The zero-order valence-corrected chi connectivity index (χ0v) is 14.8. The molecule has 4 saturated carbocycles. The third-order valence-corrected chi connectivity index (χ3v) is 6.47. The monoisotopic (exact) mass is 338 g/mol. The summed E-state index contributed by atoms with van der Waals surface area (Å²) in [5.41, 5.74) is 0.935. The van der Waals surface area contributed by atoms with E-state index < -0.39 is 6.10 Å². The molecule has 4 fully saturated rings. The van der Waals surface area contributed by atoms with Crippen LogP contribution in [0.5, 0.6) is 5.75 Å². The molecule has 25 heavy (non-hydrogen) atoms. The van der Waals surface area contributed by atoms with Crippen LogP contribution in [0.1, 0.15) is 51.0 Å². The van der Waals surface area contributed by atoms with Gasteiger partial charge in [0.25, 0.3) is 5.91 Å². The Hall–Kier alpha value is -2.02. The van der Waals surface area contributed by atoms with Crippen LogP contribution in [0.4, 0.5) is 0 Å². The number of nitriles is 1. The summed E-state index contributed by atoms with van der Waals surface area (Å²) in [4.78, 5) is 12.5. The minimum Gasteiger partial charge on any atom is -0.481 e. The molecule has 5 rings (SSSR count). The lowest BCUT2D eigenvalue weighted by Crippen LogP contribution is -2.52. The molecule has 0 aliphatic heterocycles. The molecule has 4 aliphatic rings. The van der Waals surface area contributed by atoms with Crippen molar-refractivity contribution in [3.8, 4) is 11.8 Å². The van der Waals surface area contributed by atoms with Crippen molar-refractivity contribution >= 4 is 5.91 Å². The highest BCUT2D eigenvalue weighted by Crippen LogP contribution is 2.59. The maximum atomic E-state index is 12.5. The summed E-state index contributed by atoms with van der Waals surface area (Å²) in [6.07, 6.45) is 7.63. The first-order chi connectivity index (χ1) is 12.0. The molecular formula is C21H26N2O2. The van der Waals surface area contributed by atoms with Crippen LogP contribution in [0.3, 0.4) is 0 Å². The maximum Gasteiger partial charge on any atom is 0.260 e. The minimum atomic E-state index is -0.526. The molecule has 132 valence electrons. The van der Waals surface area contributed by atoms with Crippen molar-refractivity contribution in [2.45, 2.75) is 51.6 Å². The van der Waals surface area contributed by atoms with E-state index in [4.69, 9.17) is 10.00 Å². The molecule has 0 saturated heterocycles. The Morgan fingerprint density at radius 2 is 1.76 bits per heavy atom. The highest BCUT2D eigenvalue weighted by atomic mass is 16.5. The van der Waals surface area contributed by atoms with Gasteiger partial charge in [0.15, 0.2) is 6.10 Å². The van der Waals surface area contributed by atoms with Gasteiger partial charge < -0.3 is 10.1 Å². The van der Waals surface area contributed by atoms with Gasteiger partial charge in [-0.3, -0.25) is 4.79 Å². The highest BCUT2D eigenvalue weighted by molar-refractivity contribution is 5.80. The van der Waals surface area contributed by atoms with E-state index in [0.29, 0.717) is 16.7 Å². The van der Waals surface area contributed by atoms with Gasteiger partial charge in [-0.15, -0.1) is 0 Å². The SMILES string of the molecule is C[C@@H](Oc1ccc(C#N)cc1)C(=O)NCC12CC3CC(CC(C3)C1)C2. The second-order valence-electron chi connectivity index (χ2n) is 8.53. The summed E-state index contributed by atoms with van der Waals surface area (Å²) in [5.74, 6) is 3.28. The van der Waals surface area contributed by atoms with Gasteiger partial charge in [0.05, 0.1) is 11.6 Å². The van der Waals surface area contributed by atoms with Gasteiger partial charge >= 0.3 is 0 Å². The second kappa shape index (κ2) is 6.37. The van der Waals surface area contributed by atoms with E-state index in [1.165, 1.54) is 38.5 Å². The lowest BCUT2D eigenvalue weighted by Gasteiger charge is -2.56. The normalized spacial score (nSPS) is 33.5. The Morgan fingerprint density at radius 1 is 1.20 bits per heavy atom. The number of amides is 1. The summed E-state index contributed by atoms with van der Waals surface area (Å²) < 4.78 is 5.73. The number of rotatable bonds is 5. The predicted octanol–water partition coefficient (Wildman–Crippen LogP) is 3.66. The van der Waals surface area contributed by atoms with E-state index in [9.17, 15) is 4.79 Å². The average molecular weight is 338 g/mol. The van der Waals surface area contributed by atoms with Crippen molar-refractivity contribution in [3.05, 3.63) is 29.8 Å². The number of nitrogens with one attached hydrogen (secondary N) is 1. The molecule has 4 heteroatoms. The van der Waals surface area contributed by atoms with Crippen LogP contribution in [0.2, 0.25) is 0 Å². The molecule has 0 unspecified atom stereocenters. The maximum absolute atomic E-state index is 12.5. The van der Waals surface area contributed by atoms with E-state index >= 15 is 0 Å². The molecule has 4 aliphatic carbocycles. The third-order valence-electron chi connectivity index (χ3n) is 6.47. The molecule has 0 radical (unpaired) electrons. The fraction of sp³-hybridized carbons (Fsp3) is 0.619. The minimum absolute atomic E-state index is 0.0416. The number of carbonyl (C=O) groups is 1. The molecule has 1 aromatic rings. The molecule has 1 N–H and O–H groups in total. The number of carbonyl (C=O) groups excluding carboxylic acids is 1. The first kappa shape index (κ1) is 16.4. The fourth-order valence-corrected chi connectivity index (χ4v) is 5.79. The van der Waals surface area contributed by atoms with Crippen LogP contribution >= 0.6 is 0 Å². The quantitative estimate of drug-likeness (QED) is 0.891. The average Bonchev–Trinajstić information content (AvgIpc) is 2.59. The van der Waals surface area contributed by atoms with Gasteiger partial charge in [0.1, 0.15) is 5.75 Å². The van der Waals surface area contributed by atoms with Crippen molar-refractivity contribution in [2.75, 3.05) is 6.54 Å². The van der Waals surface area contributed by atoms with Crippen molar-refractivity contribution in [1.82, 2.24) is 5.32 Å². The van der Waals surface area contributed by atoms with E-state index in [1.807, 2.05) is 0 Å². The molecule has 1 aromatic carbocycles. The van der Waals surface area contributed by atoms with Gasteiger partial charge in [0.2, 0.25) is 0 Å². The molecule has 0 spiro atoms. The van der Waals surface area contributed by atoms with Crippen LogP contribution in [0.25, 0.3) is 0 Å². The van der Waals surface area contributed by atoms with Crippen LogP contribution in [0.15, 0.2) is 24.3 Å². The molecule has 4 bridgehead atoms. The smallest absolute Gasteiger partial charge is 0.260 e. The van der Waals surface area contributed by atoms with Gasteiger partial charge in [-0.05, 0) is 92.9 Å². The predicted molar refractivity (Wildman–Crippen MR) is 94.9 cm³/mol. The first-order valence-corrected chi connectivity index (χ1v) is 9.50. The van der Waals surface area contributed by atoms with E-state index in [2.05, 4.69) is 11.4 Å². The van der Waals surface area contributed by atoms with Crippen molar-refractivity contribution in [3.63, 3.8) is 0 Å². The second-order valence-corrected chi connectivity index (χ2v) is 8.53. The molecular weight excluding hydrogens is 312 g/mol. The molecule has 0 aromatic heterocycles. The van der Waals surface area contributed by atoms with Crippen molar-refractivity contribution in [1.29, 1.82) is 5.26 Å². The summed E-state index contributed by atoms with van der Waals surface area (Å²) in [6.45, 7) is 2.59. The number of hydrogen-bond acceptors (Lipinski definition) is 3. The largest absolute Gasteiger partial charge is 0.481 e. The standard InChI is InChI=1S/C21H26N2O2/c1-14(25-19-4-2-15(12-22)3-5-19)20(24)23-13-21-9-16-6-17(10-21)8-18(7-16)11-21/h2-5,14,16-18H,6-11,13H2,1H3,(H,23,24)/t14-,16?,17?,18?,21?/m1/s1. The Kier molecular flexibility index (Phi) is 4.19. The first-order valence-electron chi connectivity index (χ1n) is 9.50. The molecule has 0 heterocycles. The van der Waals surface area contributed by atoms with Crippen molar-refractivity contribution < 1.29 is 9.53 Å². The topological polar surface area (TPSA) is 62.1 Å². The molecule has 1 atom stereocenters. The van der Waals surface area contributed by atoms with E-state index in [-0.39, 0.29) is 5.91 Å². The van der Waals surface area contributed by atoms with Crippen LogP contribution in [0, 0.1) is 34.5 Å². The van der Waals surface area contributed by atoms with E-state index in [0.717, 1.165) is 24.3 Å². The van der Waals surface area contributed by atoms with Gasteiger partial charge in [-0.1, -0.05) is 0 Å². The highest BCUT2D eigenvalue weighted by Gasteiger charge is 2.50. The molecule has 1 amide bonds. The van der Waals surface area contributed by atoms with Crippen LogP contribution in [-0.2, 0) is 4.79 Å². The van der Waals surface area contributed by atoms with E-state index in [1.54, 1.807) is 31.2 Å². The third kappa shape index (κ3) is 3.38. The summed E-state index contributed by atoms with van der Waals surface area (Å²) in [6, 6.07) is 8.96. The zero-order chi connectivity index (χ0) is 17.4. The summed E-state index contributed by atoms with van der Waals surface area (Å²) in [5, 5.41) is 12.0. The number of nitrogens with zero attached hydrogens (tertiary/aromatic N) is 1. The Balaban J connectivity index is 1.32. The van der Waals surface area contributed by atoms with Crippen LogP contribution in [-0.4, -0.2) is 18.6 Å². The Bertz CT molecular complexity index is 654. The van der Waals surface area contributed by atoms with Gasteiger partial charge in [-0.2, -0.15) is 5.26 Å². The van der Waals surface area contributed by atoms with Crippen LogP contribution < -0.4 is 10.1 Å². The lowest BCUT2D eigenvalue weighted by molar-refractivity contribution is -0.129. The lowest BCUT2D eigenvalue weighted by atomic mass is 9.49.